The summed E-state index contributed by atoms with van der Waals surface area (Å²) >= 11 is 0. The molecular weight excluding hydrogens is 775 g/mol. The molecular formula is C44H65N5O11. The number of amides is 1. The van der Waals surface area contributed by atoms with Crippen molar-refractivity contribution >= 4 is 29.1 Å². The fraction of sp³-hybridized carbons (Fsp3) is 0.705. The molecule has 0 unspecified atom stereocenters. The molecule has 3 aliphatic heterocycles. The number of fused-ring (bicyclic) bond motifs is 5. The summed E-state index contributed by atoms with van der Waals surface area (Å²) in [7, 11) is 3.77. The highest BCUT2D eigenvalue weighted by molar-refractivity contribution is 6.00. The van der Waals surface area contributed by atoms with Crippen LogP contribution in [0.1, 0.15) is 100 Å². The van der Waals surface area contributed by atoms with Gasteiger partial charge in [0.25, 0.3) is 0 Å². The highest BCUT2D eigenvalue weighted by Gasteiger charge is 2.52. The number of esters is 1. The zero-order valence-electron chi connectivity index (χ0n) is 37.0. The normalized spacial score (nSPS) is 37.6. The van der Waals surface area contributed by atoms with Gasteiger partial charge in [-0.3, -0.25) is 19.4 Å². The molecule has 332 valence electrons. The van der Waals surface area contributed by atoms with Gasteiger partial charge < -0.3 is 43.4 Å². The Hall–Kier alpha value is -3.93. The van der Waals surface area contributed by atoms with Gasteiger partial charge in [-0.25, -0.2) is 4.99 Å². The second-order valence-corrected chi connectivity index (χ2v) is 17.8. The predicted molar refractivity (Wildman–Crippen MR) is 222 cm³/mol. The molecule has 60 heavy (non-hydrogen) atoms. The van der Waals surface area contributed by atoms with E-state index < -0.39 is 83.1 Å². The van der Waals surface area contributed by atoms with E-state index in [1.54, 1.807) is 45.3 Å². The summed E-state index contributed by atoms with van der Waals surface area (Å²) in [5.41, 5.74) is -0.398. The van der Waals surface area contributed by atoms with Crippen LogP contribution in [0.5, 0.6) is 0 Å². The number of aromatic nitrogens is 2. The van der Waals surface area contributed by atoms with Gasteiger partial charge in [0.1, 0.15) is 23.7 Å². The van der Waals surface area contributed by atoms with Crippen LogP contribution in [-0.4, -0.2) is 123 Å². The van der Waals surface area contributed by atoms with E-state index in [9.17, 15) is 24.6 Å². The Labute approximate surface area is 353 Å². The summed E-state index contributed by atoms with van der Waals surface area (Å²) in [5.74, 6) is -4.27. The van der Waals surface area contributed by atoms with Crippen LogP contribution in [0.2, 0.25) is 0 Å². The molecule has 3 saturated heterocycles. The number of carbonyl (C=O) groups excluding carboxylic acids is 3. The number of ketones is 1. The van der Waals surface area contributed by atoms with Gasteiger partial charge in [0, 0.05) is 48.3 Å². The molecule has 13 atom stereocenters. The first-order valence-electron chi connectivity index (χ1n) is 21.1. The fourth-order valence-corrected chi connectivity index (χ4v) is 9.34. The third-order valence-electron chi connectivity index (χ3n) is 12.6. The number of oxime groups is 1. The predicted octanol–water partition coefficient (Wildman–Crippen LogP) is 5.18. The van der Waals surface area contributed by atoms with Gasteiger partial charge in [-0.15, -0.1) is 0 Å². The average Bonchev–Trinajstić information content (AvgIpc) is 3.74. The van der Waals surface area contributed by atoms with E-state index in [1.165, 1.54) is 13.8 Å². The van der Waals surface area contributed by atoms with Crippen LogP contribution in [0.15, 0.2) is 45.3 Å². The van der Waals surface area contributed by atoms with E-state index in [1.807, 2.05) is 52.8 Å². The number of ether oxygens (including phenoxy) is 4. The van der Waals surface area contributed by atoms with Gasteiger partial charge in [-0.1, -0.05) is 44.9 Å². The van der Waals surface area contributed by atoms with Crippen molar-refractivity contribution < 1.29 is 52.9 Å². The third-order valence-corrected chi connectivity index (χ3v) is 12.6. The molecule has 2 bridgehead atoms. The average molecular weight is 840 g/mol. The second-order valence-electron chi connectivity index (χ2n) is 17.8. The van der Waals surface area contributed by atoms with Crippen molar-refractivity contribution in [3.8, 4) is 11.3 Å². The van der Waals surface area contributed by atoms with Crippen molar-refractivity contribution in [2.24, 2.45) is 39.2 Å². The molecule has 16 nitrogen and oxygen atoms in total. The maximum Gasteiger partial charge on any atom is 0.316 e. The highest BCUT2D eigenvalue weighted by Crippen LogP contribution is 2.45. The number of carbonyl (C=O) groups is 3. The van der Waals surface area contributed by atoms with Crippen LogP contribution < -0.4 is 0 Å². The number of nitrogens with zero attached hydrogens (tertiary/aromatic N) is 5. The minimum Gasteiger partial charge on any atom is -0.459 e. The number of hydrogen-bond donors (Lipinski definition) is 2. The monoisotopic (exact) mass is 839 g/mol. The first-order chi connectivity index (χ1) is 28.3. The molecule has 1 amide bonds. The molecule has 0 radical (unpaired) electrons. The van der Waals surface area contributed by atoms with E-state index in [4.69, 9.17) is 28.3 Å². The molecule has 5 rings (SSSR count). The summed E-state index contributed by atoms with van der Waals surface area (Å²) in [4.78, 5) is 58.2. The number of cyclic esters (lactones) is 1. The smallest absolute Gasteiger partial charge is 0.316 e. The van der Waals surface area contributed by atoms with Gasteiger partial charge >= 0.3 is 5.97 Å². The number of pyridine rings is 1. The maximum absolute atomic E-state index is 14.6. The molecule has 3 aliphatic rings. The van der Waals surface area contributed by atoms with Gasteiger partial charge in [0.15, 0.2) is 24.4 Å². The minimum atomic E-state index is -1.82. The minimum absolute atomic E-state index is 0.0343. The molecule has 5 heterocycles. The Morgan fingerprint density at radius 1 is 1.08 bits per heavy atom. The second kappa shape index (κ2) is 19.8. The largest absolute Gasteiger partial charge is 0.459 e. The van der Waals surface area contributed by atoms with Crippen LogP contribution in [0, 0.1) is 29.1 Å². The third kappa shape index (κ3) is 10.7. The summed E-state index contributed by atoms with van der Waals surface area (Å²) < 4.78 is 31.1. The molecule has 2 aromatic rings. The number of hydrogen-bond acceptors (Lipinski definition) is 15. The topological polar surface area (TPSA) is 205 Å². The standard InChI is InChI=1S/C44H65N5O11/c1-12-35-44(9,54)40-26(4)36(47-29(7)50)24(2)20-43(8,17-15-32(22-55-40)48-56-23-31-14-13-30(21-45-31)34-16-18-46-60-34)39(27(5)37(51)28(6)41(53)58-35)59-42-38(52)33(49(10)11)19-25(3)57-42/h13-14,16,18,21,24-28,33,35,38-40,42,52,54H,12,15,17,19-20,22-23H2,1-11H3/b47-36+,48-32-/t24-,25-,26+,27+,28-,33+,35-,38-,39-,40-,42+,43-,44-/m1/s1. The van der Waals surface area contributed by atoms with Gasteiger partial charge in [0.2, 0.25) is 5.91 Å². The quantitative estimate of drug-likeness (QED) is 0.200. The lowest BCUT2D eigenvalue weighted by atomic mass is 9.66. The van der Waals surface area contributed by atoms with Crippen LogP contribution in [0.3, 0.4) is 0 Å². The summed E-state index contributed by atoms with van der Waals surface area (Å²) in [6.45, 7) is 15.6. The number of Topliss-reactive ketones (excluding diaryl/α,β-unsaturated/α-hetero) is 1. The summed E-state index contributed by atoms with van der Waals surface area (Å²) in [5, 5.41) is 32.5. The van der Waals surface area contributed by atoms with Crippen LogP contribution in [-0.2, 0) is 44.8 Å². The van der Waals surface area contributed by atoms with Crippen molar-refractivity contribution in [3.63, 3.8) is 0 Å². The Kier molecular flexibility index (Phi) is 15.6. The number of likely N-dealkylation sites (N-methyl/N-ethyl adjacent to an activating group) is 1. The van der Waals surface area contributed by atoms with Crippen molar-refractivity contribution in [2.45, 2.75) is 149 Å². The van der Waals surface area contributed by atoms with Crippen LogP contribution in [0.4, 0.5) is 0 Å². The lowest BCUT2D eigenvalue weighted by Crippen LogP contribution is -2.58. The number of aliphatic hydroxyl groups excluding tert-OH is 1. The Morgan fingerprint density at radius 3 is 2.43 bits per heavy atom. The number of aliphatic imine (C=N–C) groups is 1. The zero-order chi connectivity index (χ0) is 44.1. The molecule has 2 N–H and O–H groups in total. The fourth-order valence-electron chi connectivity index (χ4n) is 9.34. The van der Waals surface area contributed by atoms with E-state index in [0.717, 1.165) is 5.56 Å². The molecule has 3 fully saturated rings. The lowest BCUT2D eigenvalue weighted by Gasteiger charge is -2.48. The van der Waals surface area contributed by atoms with E-state index >= 15 is 0 Å². The Balaban J connectivity index is 1.63. The first kappa shape index (κ1) is 47.1. The summed E-state index contributed by atoms with van der Waals surface area (Å²) in [6.07, 6.45) is -0.546. The van der Waals surface area contributed by atoms with Crippen LogP contribution >= 0.6 is 0 Å². The molecule has 16 heteroatoms. The van der Waals surface area contributed by atoms with Crippen molar-refractivity contribution in [1.29, 1.82) is 0 Å². The molecule has 0 aromatic carbocycles. The zero-order valence-corrected chi connectivity index (χ0v) is 37.0. The Morgan fingerprint density at radius 2 is 1.82 bits per heavy atom. The van der Waals surface area contributed by atoms with Gasteiger partial charge in [-0.2, -0.15) is 0 Å². The molecule has 2 aromatic heterocycles. The Bertz CT molecular complexity index is 1830. The lowest BCUT2D eigenvalue weighted by molar-refractivity contribution is -0.286. The van der Waals surface area contributed by atoms with E-state index in [2.05, 4.69) is 20.3 Å². The van der Waals surface area contributed by atoms with E-state index in [-0.39, 0.29) is 31.8 Å². The number of rotatable bonds is 8. The van der Waals surface area contributed by atoms with E-state index in [0.29, 0.717) is 48.6 Å². The summed E-state index contributed by atoms with van der Waals surface area (Å²) in [6, 6.07) is 5.10. The van der Waals surface area contributed by atoms with Gasteiger partial charge in [0.05, 0.1) is 42.5 Å². The molecule has 0 spiro atoms. The van der Waals surface area contributed by atoms with Crippen LogP contribution in [0.25, 0.3) is 11.3 Å². The molecule has 0 aliphatic carbocycles. The first-order valence-corrected chi connectivity index (χ1v) is 21.1. The molecule has 0 saturated carbocycles. The van der Waals surface area contributed by atoms with Crippen molar-refractivity contribution in [2.75, 3.05) is 20.7 Å². The maximum atomic E-state index is 14.6. The van der Waals surface area contributed by atoms with Crippen molar-refractivity contribution in [3.05, 3.63) is 36.3 Å². The highest BCUT2D eigenvalue weighted by atomic mass is 16.7. The number of aliphatic hydroxyl groups is 2. The van der Waals surface area contributed by atoms with Gasteiger partial charge in [-0.05, 0) is 90.4 Å². The van der Waals surface area contributed by atoms with Crippen molar-refractivity contribution in [1.82, 2.24) is 15.0 Å². The SMILES string of the molecule is CC[C@H]1OC(=O)[C@H](C)C(=O)[C@H](C)[C@@H](O[C@@H]2O[C@H](C)C[C@H](N(C)C)[C@H]2O)[C@]2(C)CC/C(=N/OCc3ccc(-c4ccno4)cn3)CO[C@H]([C@@H](C)/C(=N/C(C)=O)[C@H](C)C2)[C@]1(C)O.